The van der Waals surface area contributed by atoms with Gasteiger partial charge in [-0.3, -0.25) is 4.79 Å². The third-order valence-corrected chi connectivity index (χ3v) is 5.35. The van der Waals surface area contributed by atoms with Crippen molar-refractivity contribution in [3.05, 3.63) is 51.3 Å². The van der Waals surface area contributed by atoms with Crippen molar-refractivity contribution in [1.29, 1.82) is 5.26 Å². The van der Waals surface area contributed by atoms with Gasteiger partial charge in [-0.05, 0) is 63.1 Å². The van der Waals surface area contributed by atoms with Crippen LogP contribution in [0.2, 0.25) is 5.02 Å². The lowest BCUT2D eigenvalue weighted by molar-refractivity contribution is -0.117. The van der Waals surface area contributed by atoms with Gasteiger partial charge in [0.1, 0.15) is 11.6 Å². The van der Waals surface area contributed by atoms with Crippen LogP contribution >= 0.6 is 11.6 Å². The average Bonchev–Trinajstić information content (AvgIpc) is 3.04. The molecule has 2 rings (SSSR count). The van der Waals surface area contributed by atoms with Crippen molar-refractivity contribution in [2.45, 2.75) is 40.3 Å². The van der Waals surface area contributed by atoms with Gasteiger partial charge in [0.2, 0.25) is 0 Å². The molecule has 1 N–H and O–H groups in total. The molecular formula is C24H30ClN3O4. The molecule has 1 aromatic carbocycles. The second-order valence-electron chi connectivity index (χ2n) is 7.40. The second kappa shape index (κ2) is 11.6. The number of hydrogen-bond donors (Lipinski definition) is 1. The molecule has 1 amide bonds. The van der Waals surface area contributed by atoms with Gasteiger partial charge >= 0.3 is 0 Å². The lowest BCUT2D eigenvalue weighted by atomic mass is 10.1. The Morgan fingerprint density at radius 2 is 2.03 bits per heavy atom. The first-order valence-electron chi connectivity index (χ1n) is 10.3. The molecule has 1 heterocycles. The highest BCUT2D eigenvalue weighted by Gasteiger charge is 2.17. The molecule has 32 heavy (non-hydrogen) atoms. The number of nitrogens with one attached hydrogen (secondary N) is 1. The Labute approximate surface area is 194 Å². The molecule has 0 aliphatic rings. The van der Waals surface area contributed by atoms with Crippen molar-refractivity contribution in [1.82, 2.24) is 9.88 Å². The SMILES string of the molecule is CCOc1c(Cl)cc(CNC(=O)/C(C#N)=C\c2cc(C)n(C(C)COC)c2C)cc1OC. The Hall–Kier alpha value is -2.95. The normalized spacial score (nSPS) is 12.2. The fourth-order valence-electron chi connectivity index (χ4n) is 3.68. The number of aryl methyl sites for hydroxylation is 1. The summed E-state index contributed by atoms with van der Waals surface area (Å²) in [5.41, 5.74) is 3.58. The maximum atomic E-state index is 12.7. The van der Waals surface area contributed by atoms with Crippen LogP contribution in [0.5, 0.6) is 11.5 Å². The summed E-state index contributed by atoms with van der Waals surface area (Å²) in [6.45, 7) is 9.08. The van der Waals surface area contributed by atoms with Crippen LogP contribution in [0.25, 0.3) is 6.08 Å². The summed E-state index contributed by atoms with van der Waals surface area (Å²) in [6, 6.07) is 7.55. The van der Waals surface area contributed by atoms with Crippen LogP contribution < -0.4 is 14.8 Å². The lowest BCUT2D eigenvalue weighted by Gasteiger charge is -2.17. The third kappa shape index (κ3) is 5.84. The van der Waals surface area contributed by atoms with Crippen LogP contribution in [-0.2, 0) is 16.1 Å². The van der Waals surface area contributed by atoms with E-state index in [9.17, 15) is 10.1 Å². The maximum absolute atomic E-state index is 12.7. The van der Waals surface area contributed by atoms with Gasteiger partial charge in [-0.1, -0.05) is 11.6 Å². The van der Waals surface area contributed by atoms with E-state index in [0.717, 1.165) is 22.5 Å². The van der Waals surface area contributed by atoms with Crippen LogP contribution in [0.4, 0.5) is 0 Å². The van der Waals surface area contributed by atoms with Crippen molar-refractivity contribution in [3.63, 3.8) is 0 Å². The van der Waals surface area contributed by atoms with Gasteiger partial charge in [0.25, 0.3) is 5.91 Å². The van der Waals surface area contributed by atoms with E-state index in [1.165, 1.54) is 7.11 Å². The van der Waals surface area contributed by atoms with Crippen molar-refractivity contribution in [3.8, 4) is 17.6 Å². The molecule has 0 fully saturated rings. The summed E-state index contributed by atoms with van der Waals surface area (Å²) >= 11 is 6.29. The second-order valence-corrected chi connectivity index (χ2v) is 7.80. The fourth-order valence-corrected chi connectivity index (χ4v) is 3.97. The first kappa shape index (κ1) is 25.3. The molecule has 7 nitrogen and oxygen atoms in total. The molecule has 0 bridgehead atoms. The summed E-state index contributed by atoms with van der Waals surface area (Å²) in [5, 5.41) is 12.7. The van der Waals surface area contributed by atoms with Gasteiger partial charge in [0, 0.05) is 25.0 Å². The zero-order valence-electron chi connectivity index (χ0n) is 19.4. The number of nitriles is 1. The highest BCUT2D eigenvalue weighted by molar-refractivity contribution is 6.32. The van der Waals surface area contributed by atoms with E-state index in [4.69, 9.17) is 25.8 Å². The van der Waals surface area contributed by atoms with Crippen LogP contribution in [0, 0.1) is 25.2 Å². The van der Waals surface area contributed by atoms with Crippen molar-refractivity contribution in [2.75, 3.05) is 27.4 Å². The number of methoxy groups -OCH3 is 2. The van der Waals surface area contributed by atoms with E-state index in [0.29, 0.717) is 29.7 Å². The number of carbonyl (C=O) groups is 1. The standard InChI is InChI=1S/C24H30ClN3O4/c1-7-32-23-21(25)9-18(10-22(23)31-6)13-27-24(29)20(12-26)11-19-8-15(2)28(17(19)4)16(3)14-30-5/h8-11,16H,7,13-14H2,1-6H3,(H,27,29)/b20-11-. The molecule has 1 unspecified atom stereocenters. The molecule has 8 heteroatoms. The van der Waals surface area contributed by atoms with Gasteiger partial charge in [-0.15, -0.1) is 0 Å². The number of carbonyl (C=O) groups excluding carboxylic acids is 1. The molecule has 0 aliphatic carbocycles. The average molecular weight is 460 g/mol. The van der Waals surface area contributed by atoms with Crippen LogP contribution in [0.1, 0.15) is 42.4 Å². The smallest absolute Gasteiger partial charge is 0.262 e. The summed E-state index contributed by atoms with van der Waals surface area (Å²) in [5.74, 6) is 0.478. The van der Waals surface area contributed by atoms with Crippen LogP contribution in [-0.4, -0.2) is 37.9 Å². The zero-order chi connectivity index (χ0) is 23.8. The molecule has 1 aromatic heterocycles. The quantitative estimate of drug-likeness (QED) is 0.414. The van der Waals surface area contributed by atoms with E-state index in [2.05, 4.69) is 16.8 Å². The predicted octanol–water partition coefficient (Wildman–Crippen LogP) is 4.60. The first-order valence-corrected chi connectivity index (χ1v) is 10.7. The Morgan fingerprint density at radius 1 is 1.31 bits per heavy atom. The minimum atomic E-state index is -0.466. The van der Waals surface area contributed by atoms with E-state index in [-0.39, 0.29) is 18.2 Å². The van der Waals surface area contributed by atoms with Gasteiger partial charge in [0.15, 0.2) is 11.5 Å². The molecule has 0 spiro atoms. The number of ether oxygens (including phenoxy) is 3. The van der Waals surface area contributed by atoms with E-state index in [1.54, 1.807) is 25.3 Å². The van der Waals surface area contributed by atoms with Crippen LogP contribution in [0.3, 0.4) is 0 Å². The summed E-state index contributed by atoms with van der Waals surface area (Å²) in [6.07, 6.45) is 1.61. The van der Waals surface area contributed by atoms with Crippen molar-refractivity contribution in [2.24, 2.45) is 0 Å². The van der Waals surface area contributed by atoms with Gasteiger partial charge < -0.3 is 24.1 Å². The summed E-state index contributed by atoms with van der Waals surface area (Å²) in [4.78, 5) is 12.7. The maximum Gasteiger partial charge on any atom is 0.262 e. The molecule has 2 aromatic rings. The molecular weight excluding hydrogens is 430 g/mol. The number of aromatic nitrogens is 1. The number of halogens is 1. The molecule has 0 aliphatic heterocycles. The van der Waals surface area contributed by atoms with Gasteiger partial charge in [0.05, 0.1) is 31.4 Å². The number of rotatable bonds is 10. The molecule has 0 saturated carbocycles. The minimum absolute atomic E-state index is 0.0219. The molecule has 0 saturated heterocycles. The van der Waals surface area contributed by atoms with E-state index < -0.39 is 5.91 Å². The zero-order valence-corrected chi connectivity index (χ0v) is 20.2. The third-order valence-electron chi connectivity index (χ3n) is 5.07. The summed E-state index contributed by atoms with van der Waals surface area (Å²) < 4.78 is 18.2. The topological polar surface area (TPSA) is 85.5 Å². The predicted molar refractivity (Wildman–Crippen MR) is 125 cm³/mol. The van der Waals surface area contributed by atoms with E-state index in [1.807, 2.05) is 32.9 Å². The lowest BCUT2D eigenvalue weighted by Crippen LogP contribution is -2.24. The molecule has 0 radical (unpaired) electrons. The summed E-state index contributed by atoms with van der Waals surface area (Å²) in [7, 11) is 3.19. The van der Waals surface area contributed by atoms with Gasteiger partial charge in [-0.2, -0.15) is 5.26 Å². The highest BCUT2D eigenvalue weighted by atomic mass is 35.5. The number of hydrogen-bond acceptors (Lipinski definition) is 5. The Bertz CT molecular complexity index is 1040. The number of nitrogens with zero attached hydrogens (tertiary/aromatic N) is 2. The monoisotopic (exact) mass is 459 g/mol. The molecule has 172 valence electrons. The number of amides is 1. The molecule has 1 atom stereocenters. The first-order chi connectivity index (χ1) is 15.3. The largest absolute Gasteiger partial charge is 0.493 e. The number of benzene rings is 1. The van der Waals surface area contributed by atoms with Gasteiger partial charge in [-0.25, -0.2) is 0 Å². The van der Waals surface area contributed by atoms with E-state index >= 15 is 0 Å². The Morgan fingerprint density at radius 3 is 2.62 bits per heavy atom. The Kier molecular flexibility index (Phi) is 9.18. The minimum Gasteiger partial charge on any atom is -0.493 e. The fraction of sp³-hybridized carbons (Fsp3) is 0.417. The van der Waals surface area contributed by atoms with Crippen molar-refractivity contribution >= 4 is 23.6 Å². The Balaban J connectivity index is 2.21. The highest BCUT2D eigenvalue weighted by Crippen LogP contribution is 2.36. The van der Waals surface area contributed by atoms with Crippen LogP contribution in [0.15, 0.2) is 23.8 Å². The van der Waals surface area contributed by atoms with Crippen molar-refractivity contribution < 1.29 is 19.0 Å².